The minimum Gasteiger partial charge on any atom is -0.390 e. The second-order valence-corrected chi connectivity index (χ2v) is 7.11. The molecule has 0 aliphatic carbocycles. The lowest BCUT2D eigenvalue weighted by Gasteiger charge is -2.36. The van der Waals surface area contributed by atoms with E-state index in [1.54, 1.807) is 10.9 Å². The molecule has 3 rings (SSSR count). The molecular formula is C16H20ClN3OS. The van der Waals surface area contributed by atoms with Gasteiger partial charge in [-0.25, -0.2) is 0 Å². The molecule has 1 aliphatic rings. The zero-order valence-corrected chi connectivity index (χ0v) is 13.9. The molecule has 0 unspecified atom stereocenters. The Hall–Kier alpha value is -1.01. The second-order valence-electron chi connectivity index (χ2n) is 5.52. The number of aliphatic hydroxyl groups excluding tert-OH is 1. The van der Waals surface area contributed by atoms with Gasteiger partial charge in [-0.2, -0.15) is 16.9 Å². The Morgan fingerprint density at radius 1 is 1.32 bits per heavy atom. The number of halogens is 1. The zero-order valence-electron chi connectivity index (χ0n) is 12.3. The van der Waals surface area contributed by atoms with Crippen molar-refractivity contribution in [2.75, 3.05) is 24.6 Å². The molecule has 1 N–H and O–H groups in total. The van der Waals surface area contributed by atoms with Crippen LogP contribution in [0.5, 0.6) is 0 Å². The maximum atomic E-state index is 10.4. The fourth-order valence-corrected chi connectivity index (χ4v) is 4.08. The number of thioether (sulfide) groups is 1. The van der Waals surface area contributed by atoms with Crippen LogP contribution >= 0.6 is 23.4 Å². The van der Waals surface area contributed by atoms with Crippen molar-refractivity contribution in [3.63, 3.8) is 0 Å². The summed E-state index contributed by atoms with van der Waals surface area (Å²) in [6, 6.07) is 10.3. The third kappa shape index (κ3) is 4.04. The maximum absolute atomic E-state index is 10.4. The van der Waals surface area contributed by atoms with Gasteiger partial charge in [0.25, 0.3) is 0 Å². The first-order valence-corrected chi connectivity index (χ1v) is 8.98. The van der Waals surface area contributed by atoms with Crippen LogP contribution in [-0.4, -0.2) is 50.5 Å². The van der Waals surface area contributed by atoms with E-state index >= 15 is 0 Å². The van der Waals surface area contributed by atoms with E-state index in [0.717, 1.165) is 23.1 Å². The summed E-state index contributed by atoms with van der Waals surface area (Å²) >= 11 is 7.95. The minimum absolute atomic E-state index is 0.336. The van der Waals surface area contributed by atoms with Crippen LogP contribution in [0.3, 0.4) is 0 Å². The molecule has 0 amide bonds. The predicted octanol–water partition coefficient (Wildman–Crippen LogP) is 2.69. The lowest BCUT2D eigenvalue weighted by Crippen LogP contribution is -2.42. The minimum atomic E-state index is -0.419. The van der Waals surface area contributed by atoms with Crippen molar-refractivity contribution in [1.29, 1.82) is 0 Å². The van der Waals surface area contributed by atoms with Crippen LogP contribution in [0.15, 0.2) is 42.7 Å². The van der Waals surface area contributed by atoms with E-state index in [1.165, 1.54) is 5.56 Å². The van der Waals surface area contributed by atoms with Gasteiger partial charge in [0, 0.05) is 48.1 Å². The van der Waals surface area contributed by atoms with E-state index in [9.17, 15) is 5.11 Å². The summed E-state index contributed by atoms with van der Waals surface area (Å²) < 4.78 is 1.78. The largest absolute Gasteiger partial charge is 0.390 e. The van der Waals surface area contributed by atoms with Crippen molar-refractivity contribution >= 4 is 23.4 Å². The van der Waals surface area contributed by atoms with Gasteiger partial charge in [-0.05, 0) is 23.8 Å². The first-order valence-electron chi connectivity index (χ1n) is 7.45. The Kier molecular flexibility index (Phi) is 5.41. The molecule has 2 heterocycles. The van der Waals surface area contributed by atoms with Crippen LogP contribution in [0.4, 0.5) is 0 Å². The van der Waals surface area contributed by atoms with Crippen molar-refractivity contribution in [3.8, 4) is 0 Å². The summed E-state index contributed by atoms with van der Waals surface area (Å²) in [5.74, 6) is 2.16. The highest BCUT2D eigenvalue weighted by Crippen LogP contribution is 2.30. The summed E-state index contributed by atoms with van der Waals surface area (Å²) in [5.41, 5.74) is 1.27. The Morgan fingerprint density at radius 2 is 2.14 bits per heavy atom. The third-order valence-corrected chi connectivity index (χ3v) is 5.17. The number of aliphatic hydroxyl groups is 1. The van der Waals surface area contributed by atoms with Crippen LogP contribution in [0, 0.1) is 0 Å². The smallest absolute Gasteiger partial charge is 0.0862 e. The number of benzene rings is 1. The number of rotatable bonds is 5. The van der Waals surface area contributed by atoms with Gasteiger partial charge in [0.05, 0.1) is 12.6 Å². The average molecular weight is 338 g/mol. The fourth-order valence-electron chi connectivity index (χ4n) is 2.80. The molecule has 0 radical (unpaired) electrons. The van der Waals surface area contributed by atoms with E-state index in [4.69, 9.17) is 11.6 Å². The van der Waals surface area contributed by atoms with Gasteiger partial charge >= 0.3 is 0 Å². The van der Waals surface area contributed by atoms with E-state index in [0.29, 0.717) is 19.1 Å². The lowest BCUT2D eigenvalue weighted by atomic mass is 10.1. The highest BCUT2D eigenvalue weighted by molar-refractivity contribution is 7.99. The third-order valence-electron chi connectivity index (χ3n) is 3.90. The molecule has 6 heteroatoms. The number of hydrogen-bond donors (Lipinski definition) is 1. The van der Waals surface area contributed by atoms with E-state index < -0.39 is 6.10 Å². The standard InChI is InChI=1S/C16H20ClN3OS/c17-14-4-2-13(3-5-14)16-12-22-9-8-19(16)10-15(21)11-20-7-1-6-18-20/h1-7,15-16,21H,8-12H2/t15-,16+/m1/s1. The molecule has 118 valence electrons. The molecule has 4 nitrogen and oxygen atoms in total. The molecule has 1 saturated heterocycles. The molecule has 1 aliphatic heterocycles. The number of hydrogen-bond acceptors (Lipinski definition) is 4. The van der Waals surface area contributed by atoms with Crippen molar-refractivity contribution in [2.24, 2.45) is 0 Å². The summed E-state index contributed by atoms with van der Waals surface area (Å²) in [7, 11) is 0. The van der Waals surface area contributed by atoms with Crippen LogP contribution in [0.25, 0.3) is 0 Å². The molecule has 0 spiro atoms. The Balaban J connectivity index is 1.65. The van der Waals surface area contributed by atoms with E-state index in [-0.39, 0.29) is 0 Å². The number of aromatic nitrogens is 2. The summed E-state index contributed by atoms with van der Waals surface area (Å²) in [6.45, 7) is 2.19. The average Bonchev–Trinajstić information content (AvgIpc) is 3.01. The molecule has 1 fully saturated rings. The van der Waals surface area contributed by atoms with Crippen molar-refractivity contribution in [1.82, 2.24) is 14.7 Å². The molecule has 2 atom stereocenters. The van der Waals surface area contributed by atoms with Crippen molar-refractivity contribution in [2.45, 2.75) is 18.7 Å². The summed E-state index contributed by atoms with van der Waals surface area (Å²) in [4.78, 5) is 2.37. The SMILES string of the molecule is O[C@H](CN1CCSC[C@H]1c1ccc(Cl)cc1)Cn1cccn1. The van der Waals surface area contributed by atoms with Crippen molar-refractivity contribution in [3.05, 3.63) is 53.3 Å². The van der Waals surface area contributed by atoms with E-state index in [1.807, 2.05) is 36.2 Å². The highest BCUT2D eigenvalue weighted by atomic mass is 35.5. The van der Waals surface area contributed by atoms with Gasteiger partial charge < -0.3 is 5.11 Å². The summed E-state index contributed by atoms with van der Waals surface area (Å²) in [6.07, 6.45) is 3.20. The van der Waals surface area contributed by atoms with Gasteiger partial charge in [-0.3, -0.25) is 9.58 Å². The van der Waals surface area contributed by atoms with Gasteiger partial charge in [0.1, 0.15) is 0 Å². The summed E-state index contributed by atoms with van der Waals surface area (Å²) in [5, 5.41) is 15.3. The molecule has 22 heavy (non-hydrogen) atoms. The second kappa shape index (κ2) is 7.51. The quantitative estimate of drug-likeness (QED) is 0.910. The van der Waals surface area contributed by atoms with Gasteiger partial charge in [0.2, 0.25) is 0 Å². The van der Waals surface area contributed by atoms with Crippen LogP contribution in [-0.2, 0) is 6.54 Å². The first-order chi connectivity index (χ1) is 10.7. The molecule has 1 aromatic carbocycles. The number of β-amino-alcohol motifs (C(OH)–C–C–N with tert-alkyl or cyclic N) is 1. The van der Waals surface area contributed by atoms with Crippen LogP contribution in [0.1, 0.15) is 11.6 Å². The Morgan fingerprint density at radius 3 is 2.86 bits per heavy atom. The normalized spacial score (nSPS) is 20.9. The topological polar surface area (TPSA) is 41.3 Å². The van der Waals surface area contributed by atoms with Crippen LogP contribution < -0.4 is 0 Å². The molecule has 0 bridgehead atoms. The van der Waals surface area contributed by atoms with Crippen molar-refractivity contribution < 1.29 is 5.11 Å². The van der Waals surface area contributed by atoms with E-state index in [2.05, 4.69) is 22.1 Å². The predicted molar refractivity (Wildman–Crippen MR) is 91.3 cm³/mol. The van der Waals surface area contributed by atoms with Gasteiger partial charge in [-0.1, -0.05) is 23.7 Å². The maximum Gasteiger partial charge on any atom is 0.0862 e. The van der Waals surface area contributed by atoms with Crippen LogP contribution in [0.2, 0.25) is 5.02 Å². The molecule has 2 aromatic rings. The Labute approximate surface area is 140 Å². The first kappa shape index (κ1) is 15.9. The molecule has 1 aromatic heterocycles. The lowest BCUT2D eigenvalue weighted by molar-refractivity contribution is 0.0793. The van der Waals surface area contributed by atoms with Gasteiger partial charge in [0.15, 0.2) is 0 Å². The monoisotopic (exact) mass is 337 g/mol. The Bertz CT molecular complexity index is 576. The molecule has 0 saturated carbocycles. The highest BCUT2D eigenvalue weighted by Gasteiger charge is 2.26. The molecular weight excluding hydrogens is 318 g/mol. The number of nitrogens with zero attached hydrogens (tertiary/aromatic N) is 3. The fraction of sp³-hybridized carbons (Fsp3) is 0.438. The van der Waals surface area contributed by atoms with Gasteiger partial charge in [-0.15, -0.1) is 0 Å². The zero-order chi connectivity index (χ0) is 15.4.